The first kappa shape index (κ1) is 22.5. The Hall–Kier alpha value is -1.79. The van der Waals surface area contributed by atoms with E-state index in [1.165, 1.54) is 0 Å². The summed E-state index contributed by atoms with van der Waals surface area (Å²) in [6.45, 7) is 5.51. The van der Waals surface area contributed by atoms with Gasteiger partial charge >= 0.3 is 0 Å². The van der Waals surface area contributed by atoms with Crippen LogP contribution in [0.5, 0.6) is 5.75 Å². The first-order valence-corrected chi connectivity index (χ1v) is 10.2. The number of halogens is 1. The lowest BCUT2D eigenvalue weighted by molar-refractivity contribution is -0.134. The van der Waals surface area contributed by atoms with Crippen molar-refractivity contribution in [1.82, 2.24) is 10.2 Å². The number of rotatable bonds is 8. The van der Waals surface area contributed by atoms with Crippen molar-refractivity contribution < 1.29 is 14.3 Å². The molecule has 1 aromatic carbocycles. The van der Waals surface area contributed by atoms with Gasteiger partial charge in [0, 0.05) is 31.1 Å². The predicted octanol–water partition coefficient (Wildman–Crippen LogP) is 3.14. The summed E-state index contributed by atoms with van der Waals surface area (Å²) in [5.74, 6) is 1.13. The van der Waals surface area contributed by atoms with Crippen LogP contribution in [0.15, 0.2) is 18.2 Å². The maximum absolute atomic E-state index is 12.7. The van der Waals surface area contributed by atoms with Gasteiger partial charge in [0.05, 0.1) is 6.61 Å². The summed E-state index contributed by atoms with van der Waals surface area (Å²) < 4.78 is 5.84. The third-order valence-electron chi connectivity index (χ3n) is 5.31. The van der Waals surface area contributed by atoms with Crippen molar-refractivity contribution in [3.05, 3.63) is 23.8 Å². The number of nitrogens with one attached hydrogen (secondary N) is 2. The molecule has 1 aromatic rings. The largest absolute Gasteiger partial charge is 0.494 e. The summed E-state index contributed by atoms with van der Waals surface area (Å²) in [6, 6.07) is 6.16. The quantitative estimate of drug-likeness (QED) is 0.647. The second-order valence-electron chi connectivity index (χ2n) is 7.39. The predicted molar refractivity (Wildman–Crippen MR) is 113 cm³/mol. The minimum atomic E-state index is 0. The van der Waals surface area contributed by atoms with Crippen molar-refractivity contribution in [3.63, 3.8) is 0 Å². The molecule has 0 bridgehead atoms. The van der Waals surface area contributed by atoms with Gasteiger partial charge in [0.1, 0.15) is 5.75 Å². The van der Waals surface area contributed by atoms with E-state index in [0.29, 0.717) is 25.5 Å². The molecule has 28 heavy (non-hydrogen) atoms. The Morgan fingerprint density at radius 1 is 1.25 bits per heavy atom. The van der Waals surface area contributed by atoms with Crippen molar-refractivity contribution in [1.29, 1.82) is 0 Å². The summed E-state index contributed by atoms with van der Waals surface area (Å²) in [4.78, 5) is 26.2. The van der Waals surface area contributed by atoms with E-state index in [2.05, 4.69) is 22.5 Å². The van der Waals surface area contributed by atoms with Crippen LogP contribution in [-0.2, 0) is 16.0 Å². The van der Waals surface area contributed by atoms with Crippen LogP contribution >= 0.6 is 12.4 Å². The number of piperidine rings is 1. The number of anilines is 1. The van der Waals surface area contributed by atoms with Crippen molar-refractivity contribution in [2.45, 2.75) is 57.9 Å². The second kappa shape index (κ2) is 11.3. The molecule has 7 heteroatoms. The average Bonchev–Trinajstić information content (AvgIpc) is 2.70. The molecule has 0 radical (unpaired) electrons. The Balaban J connectivity index is 0.00000280. The molecule has 0 aliphatic carbocycles. The Labute approximate surface area is 173 Å². The third kappa shape index (κ3) is 6.11. The number of carbonyl (C=O) groups excluding carboxylic acids is 2. The van der Waals surface area contributed by atoms with Crippen LogP contribution in [0.1, 0.15) is 51.0 Å². The Bertz CT molecular complexity index is 662. The standard InChI is InChI=1S/C21H31N3O3.ClH/c1-2-13-24(17-9-11-22-12-10-17)21(26)4-3-14-27-18-6-7-19-16(15-18)5-8-20(25)23-19;/h6-7,15,17,22H,2-5,8-14H2,1H3,(H,23,25);1H. The molecule has 0 aromatic heterocycles. The summed E-state index contributed by atoms with van der Waals surface area (Å²) in [5, 5.41) is 6.24. The highest BCUT2D eigenvalue weighted by Gasteiger charge is 2.24. The van der Waals surface area contributed by atoms with Crippen molar-refractivity contribution >= 4 is 29.9 Å². The molecule has 1 fully saturated rings. The molecule has 2 N–H and O–H groups in total. The molecule has 3 rings (SSSR count). The monoisotopic (exact) mass is 409 g/mol. The molecule has 2 aliphatic heterocycles. The van der Waals surface area contributed by atoms with E-state index in [1.54, 1.807) is 0 Å². The average molecular weight is 410 g/mol. The Kier molecular flexibility index (Phi) is 9.06. The summed E-state index contributed by atoms with van der Waals surface area (Å²) in [5.41, 5.74) is 1.99. The van der Waals surface area contributed by atoms with E-state index in [-0.39, 0.29) is 24.2 Å². The van der Waals surface area contributed by atoms with Gasteiger partial charge in [-0.3, -0.25) is 9.59 Å². The topological polar surface area (TPSA) is 70.7 Å². The van der Waals surface area contributed by atoms with E-state index in [9.17, 15) is 9.59 Å². The van der Waals surface area contributed by atoms with Gasteiger partial charge in [0.25, 0.3) is 0 Å². The van der Waals surface area contributed by atoms with Gasteiger partial charge in [0.2, 0.25) is 11.8 Å². The van der Waals surface area contributed by atoms with Gasteiger partial charge < -0.3 is 20.3 Å². The number of hydrogen-bond acceptors (Lipinski definition) is 4. The minimum Gasteiger partial charge on any atom is -0.494 e. The Morgan fingerprint density at radius 3 is 2.79 bits per heavy atom. The van der Waals surface area contributed by atoms with Crippen LogP contribution in [-0.4, -0.2) is 49.0 Å². The number of carbonyl (C=O) groups is 2. The zero-order valence-corrected chi connectivity index (χ0v) is 17.5. The first-order chi connectivity index (χ1) is 13.2. The molecule has 1 saturated heterocycles. The molecule has 2 amide bonds. The van der Waals surface area contributed by atoms with Gasteiger partial charge in [-0.15, -0.1) is 12.4 Å². The van der Waals surface area contributed by atoms with Crippen molar-refractivity contribution in [2.24, 2.45) is 0 Å². The van der Waals surface area contributed by atoms with E-state index >= 15 is 0 Å². The maximum atomic E-state index is 12.7. The second-order valence-corrected chi connectivity index (χ2v) is 7.39. The van der Waals surface area contributed by atoms with Gasteiger partial charge in [-0.1, -0.05) is 6.92 Å². The number of aryl methyl sites for hydroxylation is 1. The van der Waals surface area contributed by atoms with Gasteiger partial charge in [0.15, 0.2) is 0 Å². The van der Waals surface area contributed by atoms with Gasteiger partial charge in [-0.05, 0) is 69.0 Å². The summed E-state index contributed by atoms with van der Waals surface area (Å²) in [6.07, 6.45) is 5.62. The molecule has 156 valence electrons. The molecule has 0 unspecified atom stereocenters. The van der Waals surface area contributed by atoms with Gasteiger partial charge in [-0.2, -0.15) is 0 Å². The van der Waals surface area contributed by atoms with E-state index in [1.807, 2.05) is 18.2 Å². The number of hydrogen-bond donors (Lipinski definition) is 2. The molecule has 2 aliphatic rings. The zero-order chi connectivity index (χ0) is 19.1. The smallest absolute Gasteiger partial charge is 0.224 e. The molecule has 0 spiro atoms. The fourth-order valence-electron chi connectivity index (χ4n) is 3.88. The van der Waals surface area contributed by atoms with Crippen molar-refractivity contribution in [3.8, 4) is 5.75 Å². The first-order valence-electron chi connectivity index (χ1n) is 10.2. The lowest BCUT2D eigenvalue weighted by atomic mass is 10.0. The zero-order valence-electron chi connectivity index (χ0n) is 16.7. The molecular formula is C21H32ClN3O3. The number of amides is 2. The normalized spacial score (nSPS) is 16.5. The number of benzene rings is 1. The number of fused-ring (bicyclic) bond motifs is 1. The minimum absolute atomic E-state index is 0. The highest BCUT2D eigenvalue weighted by atomic mass is 35.5. The molecule has 2 heterocycles. The fraction of sp³-hybridized carbons (Fsp3) is 0.619. The van der Waals surface area contributed by atoms with Gasteiger partial charge in [-0.25, -0.2) is 0 Å². The molecule has 6 nitrogen and oxygen atoms in total. The van der Waals surface area contributed by atoms with Crippen LogP contribution in [0.25, 0.3) is 0 Å². The number of nitrogens with zero attached hydrogens (tertiary/aromatic N) is 1. The molecular weight excluding hydrogens is 378 g/mol. The maximum Gasteiger partial charge on any atom is 0.224 e. The highest BCUT2D eigenvalue weighted by Crippen LogP contribution is 2.27. The molecule has 0 saturated carbocycles. The van der Waals surface area contributed by atoms with E-state index in [4.69, 9.17) is 4.74 Å². The number of ether oxygens (including phenoxy) is 1. The van der Waals surface area contributed by atoms with E-state index in [0.717, 1.165) is 68.7 Å². The van der Waals surface area contributed by atoms with Crippen LogP contribution in [0.4, 0.5) is 5.69 Å². The van der Waals surface area contributed by atoms with Crippen LogP contribution in [0.2, 0.25) is 0 Å². The van der Waals surface area contributed by atoms with Crippen LogP contribution in [0.3, 0.4) is 0 Å². The lowest BCUT2D eigenvalue weighted by Crippen LogP contribution is -2.46. The van der Waals surface area contributed by atoms with Crippen LogP contribution in [0, 0.1) is 0 Å². The SMILES string of the molecule is CCCN(C(=O)CCCOc1ccc2c(c1)CCC(=O)N2)C1CCNCC1.Cl. The van der Waals surface area contributed by atoms with Crippen molar-refractivity contribution in [2.75, 3.05) is 31.6 Å². The molecule has 0 atom stereocenters. The Morgan fingerprint density at radius 2 is 2.04 bits per heavy atom. The van der Waals surface area contributed by atoms with E-state index < -0.39 is 0 Å². The lowest BCUT2D eigenvalue weighted by Gasteiger charge is -2.34. The van der Waals surface area contributed by atoms with Crippen LogP contribution < -0.4 is 15.4 Å². The third-order valence-corrected chi connectivity index (χ3v) is 5.31. The summed E-state index contributed by atoms with van der Waals surface area (Å²) in [7, 11) is 0. The fourth-order valence-corrected chi connectivity index (χ4v) is 3.88. The highest BCUT2D eigenvalue weighted by molar-refractivity contribution is 5.94. The summed E-state index contributed by atoms with van der Waals surface area (Å²) >= 11 is 0.